The van der Waals surface area contributed by atoms with Crippen molar-refractivity contribution < 1.29 is 9.50 Å². The van der Waals surface area contributed by atoms with E-state index in [-0.39, 0.29) is 35.7 Å². The molecule has 0 bridgehead atoms. The number of hydrogen-bond donors (Lipinski definition) is 6. The molecule has 0 aliphatic rings. The third-order valence-corrected chi connectivity index (χ3v) is 7.69. The number of nitrogens with zero attached hydrogens (tertiary/aromatic N) is 3. The van der Waals surface area contributed by atoms with Crippen LogP contribution >= 0.6 is 11.6 Å². The molecular weight excluding hydrogens is 571 g/mol. The van der Waals surface area contributed by atoms with Crippen LogP contribution in [0, 0.1) is 5.82 Å². The molecule has 2 aromatic heterocycles. The Morgan fingerprint density at radius 2 is 1.91 bits per heavy atom. The lowest BCUT2D eigenvalue weighted by Gasteiger charge is -2.23. The molecule has 0 saturated heterocycles. The Kier molecular flexibility index (Phi) is 10.9. The number of aromatic amines is 1. The van der Waals surface area contributed by atoms with E-state index in [1.54, 1.807) is 24.4 Å². The van der Waals surface area contributed by atoms with E-state index in [1.807, 2.05) is 38.1 Å². The van der Waals surface area contributed by atoms with Gasteiger partial charge in [-0.1, -0.05) is 23.7 Å². The molecule has 230 valence electrons. The fraction of sp³-hybridized carbons (Fsp3) is 0.387. The maximum Gasteiger partial charge on any atom is 0.354 e. The largest absolute Gasteiger partial charge is 0.396 e. The number of guanidine groups is 1. The predicted octanol–water partition coefficient (Wildman–Crippen LogP) is 3.91. The first-order valence-electron chi connectivity index (χ1n) is 14.4. The van der Waals surface area contributed by atoms with Gasteiger partial charge in [-0.15, -0.1) is 0 Å². The van der Waals surface area contributed by atoms with Gasteiger partial charge in [0, 0.05) is 48.4 Å². The van der Waals surface area contributed by atoms with E-state index in [9.17, 15) is 9.90 Å². The first kappa shape index (κ1) is 32.2. The summed E-state index contributed by atoms with van der Waals surface area (Å²) in [7, 11) is 0. The van der Waals surface area contributed by atoms with Crippen molar-refractivity contribution in [3.63, 3.8) is 0 Å². The van der Waals surface area contributed by atoms with Gasteiger partial charge >= 0.3 is 5.69 Å². The van der Waals surface area contributed by atoms with Crippen molar-refractivity contribution in [1.29, 1.82) is 0 Å². The van der Waals surface area contributed by atoms with Crippen LogP contribution in [0.2, 0.25) is 5.02 Å². The summed E-state index contributed by atoms with van der Waals surface area (Å²) in [5.41, 5.74) is 20.0. The molecule has 4 rings (SSSR count). The molecule has 0 unspecified atom stereocenters. The molecule has 0 amide bonds. The number of aromatic nitrogens is 3. The molecule has 0 aliphatic carbocycles. The highest BCUT2D eigenvalue weighted by atomic mass is 35.5. The molecule has 4 aromatic rings. The van der Waals surface area contributed by atoms with Crippen LogP contribution in [0.3, 0.4) is 0 Å². The highest BCUT2D eigenvalue weighted by molar-refractivity contribution is 6.31. The van der Waals surface area contributed by atoms with Gasteiger partial charge in [0.05, 0.1) is 16.4 Å². The molecule has 0 radical (unpaired) electrons. The number of aryl methyl sites for hydroxylation is 1. The van der Waals surface area contributed by atoms with Crippen LogP contribution in [-0.2, 0) is 6.42 Å². The van der Waals surface area contributed by atoms with Crippen LogP contribution in [0.15, 0.2) is 58.4 Å². The molecule has 9 N–H and O–H groups in total. The lowest BCUT2D eigenvalue weighted by molar-refractivity contribution is 0.256. The van der Waals surface area contributed by atoms with E-state index in [1.165, 1.54) is 4.57 Å². The Balaban J connectivity index is 1.54. The van der Waals surface area contributed by atoms with Gasteiger partial charge in [0.1, 0.15) is 5.65 Å². The Morgan fingerprint density at radius 3 is 2.58 bits per heavy atom. The number of nitrogens with two attached hydrogens (primary N) is 3. The third-order valence-electron chi connectivity index (χ3n) is 7.42. The number of aliphatic hydroxyl groups excluding tert-OH is 1. The quantitative estimate of drug-likeness (QED) is 0.0927. The van der Waals surface area contributed by atoms with Gasteiger partial charge in [-0.25, -0.2) is 9.18 Å². The van der Waals surface area contributed by atoms with Crippen LogP contribution in [0.4, 0.5) is 4.39 Å². The average molecular weight is 611 g/mol. The van der Waals surface area contributed by atoms with Crippen LogP contribution in [0.25, 0.3) is 28.0 Å². The summed E-state index contributed by atoms with van der Waals surface area (Å²) in [5.74, 6) is -0.491. The number of aliphatic imine (C=N–C) groups is 1. The fourth-order valence-corrected chi connectivity index (χ4v) is 5.37. The van der Waals surface area contributed by atoms with Crippen molar-refractivity contribution in [3.05, 3.63) is 81.1 Å². The van der Waals surface area contributed by atoms with Crippen LogP contribution in [-0.4, -0.2) is 50.8 Å². The van der Waals surface area contributed by atoms with Crippen molar-refractivity contribution in [1.82, 2.24) is 19.9 Å². The van der Waals surface area contributed by atoms with E-state index in [2.05, 4.69) is 20.3 Å². The van der Waals surface area contributed by atoms with Gasteiger partial charge in [-0.2, -0.15) is 4.98 Å². The highest BCUT2D eigenvalue weighted by Gasteiger charge is 2.17. The van der Waals surface area contributed by atoms with Gasteiger partial charge < -0.3 is 32.6 Å². The van der Waals surface area contributed by atoms with Gasteiger partial charge in [0.25, 0.3) is 0 Å². The molecule has 0 saturated carbocycles. The number of nitrogens with one attached hydrogen (secondary N) is 2. The zero-order chi connectivity index (χ0) is 31.1. The maximum absolute atomic E-state index is 15.1. The molecule has 0 spiro atoms. The standard InChI is InChI=1S/C31H40ClFN8O2/c1-18(34)4-3-5-20-14-25(28(33)26(32)15-20)27-16-22-17-41(31(43)40-29(22)39-27)24-8-6-21(7-9-24)19(2)38-23(11-13-42)10-12-37-30(35)36/h6-9,14-19,23,38,42H,3-5,10-13,34H2,1-2H3,(H4,35,36,37)(H,39,40,43)/t18-,19-,23+/m0/s1. The summed E-state index contributed by atoms with van der Waals surface area (Å²) in [4.78, 5) is 24.3. The second kappa shape index (κ2) is 14.6. The van der Waals surface area contributed by atoms with Gasteiger partial charge in [-0.3, -0.25) is 9.56 Å². The maximum atomic E-state index is 15.1. The normalized spacial score (nSPS) is 13.6. The van der Waals surface area contributed by atoms with Crippen molar-refractivity contribution in [2.75, 3.05) is 13.2 Å². The van der Waals surface area contributed by atoms with E-state index >= 15 is 4.39 Å². The molecule has 2 heterocycles. The number of benzene rings is 2. The third kappa shape index (κ3) is 8.41. The van der Waals surface area contributed by atoms with Gasteiger partial charge in [-0.05, 0) is 87.4 Å². The molecule has 43 heavy (non-hydrogen) atoms. The van der Waals surface area contributed by atoms with Crippen LogP contribution in [0.1, 0.15) is 56.7 Å². The van der Waals surface area contributed by atoms with E-state index in [0.29, 0.717) is 47.4 Å². The van der Waals surface area contributed by atoms with E-state index in [4.69, 9.17) is 28.8 Å². The monoisotopic (exact) mass is 610 g/mol. The molecule has 12 heteroatoms. The van der Waals surface area contributed by atoms with Crippen LogP contribution < -0.4 is 28.2 Å². The number of hydrogen-bond acceptors (Lipinski definition) is 6. The lowest BCUT2D eigenvalue weighted by atomic mass is 10.0. The molecule has 2 aromatic carbocycles. The number of halogens is 2. The van der Waals surface area contributed by atoms with Crippen molar-refractivity contribution in [2.24, 2.45) is 22.2 Å². The zero-order valence-corrected chi connectivity index (χ0v) is 25.2. The van der Waals surface area contributed by atoms with Crippen molar-refractivity contribution in [3.8, 4) is 16.9 Å². The Labute approximate surface area is 255 Å². The average Bonchev–Trinajstić information content (AvgIpc) is 3.36. The second-order valence-corrected chi connectivity index (χ2v) is 11.4. The molecule has 0 fully saturated rings. The van der Waals surface area contributed by atoms with E-state index in [0.717, 1.165) is 30.4 Å². The zero-order valence-electron chi connectivity index (χ0n) is 24.5. The molecule has 10 nitrogen and oxygen atoms in total. The number of aliphatic hydroxyl groups is 1. The Hall–Kier alpha value is -3.77. The summed E-state index contributed by atoms with van der Waals surface area (Å²) in [6, 6.07) is 12.9. The van der Waals surface area contributed by atoms with E-state index < -0.39 is 11.5 Å². The number of rotatable bonds is 14. The summed E-state index contributed by atoms with van der Waals surface area (Å²) in [5, 5.41) is 13.7. The first-order chi connectivity index (χ1) is 20.5. The predicted molar refractivity (Wildman–Crippen MR) is 171 cm³/mol. The number of fused-ring (bicyclic) bond motifs is 1. The molecule has 3 atom stereocenters. The van der Waals surface area contributed by atoms with Gasteiger partial charge in [0.15, 0.2) is 11.8 Å². The van der Waals surface area contributed by atoms with Gasteiger partial charge in [0.2, 0.25) is 0 Å². The first-order valence-corrected chi connectivity index (χ1v) is 14.8. The topological polar surface area (TPSA) is 173 Å². The van der Waals surface area contributed by atoms with Crippen LogP contribution in [0.5, 0.6) is 0 Å². The minimum Gasteiger partial charge on any atom is -0.396 e. The minimum atomic E-state index is -0.532. The van der Waals surface area contributed by atoms with Crippen molar-refractivity contribution >= 4 is 28.6 Å². The molecule has 0 aliphatic heterocycles. The highest BCUT2D eigenvalue weighted by Crippen LogP contribution is 2.31. The van der Waals surface area contributed by atoms with Crippen molar-refractivity contribution in [2.45, 2.75) is 64.1 Å². The number of H-pyrrole nitrogens is 1. The minimum absolute atomic E-state index is 0.0226. The fourth-order valence-electron chi connectivity index (χ4n) is 5.13. The summed E-state index contributed by atoms with van der Waals surface area (Å²) < 4.78 is 16.6. The summed E-state index contributed by atoms with van der Waals surface area (Å²) >= 11 is 6.24. The lowest BCUT2D eigenvalue weighted by Crippen LogP contribution is -2.33. The smallest absolute Gasteiger partial charge is 0.354 e. The summed E-state index contributed by atoms with van der Waals surface area (Å²) in [6.45, 7) is 4.49. The molecular formula is C31H40ClFN8O2. The Bertz CT molecular complexity index is 1610. The second-order valence-electron chi connectivity index (χ2n) is 11.0. The SMILES string of the molecule is C[C@H](N)CCCc1cc(Cl)c(F)c(-c2cc3cn(-c4ccc([C@H](C)N[C@@H](CCO)CCN=C(N)N)cc4)c(=O)nc3[nH]2)c1. The summed E-state index contributed by atoms with van der Waals surface area (Å²) in [6.07, 6.45) is 5.37. The Morgan fingerprint density at radius 1 is 1.16 bits per heavy atom.